The first-order chi connectivity index (χ1) is 11.3. The van der Waals surface area contributed by atoms with Crippen LogP contribution in [-0.2, 0) is 19.2 Å². The van der Waals surface area contributed by atoms with Gasteiger partial charge in [0.2, 0.25) is 0 Å². The average Bonchev–Trinajstić information content (AvgIpc) is 3.19. The van der Waals surface area contributed by atoms with Crippen LogP contribution in [0.5, 0.6) is 0 Å². The summed E-state index contributed by atoms with van der Waals surface area (Å²) < 4.78 is 2.37. The zero-order chi connectivity index (χ0) is 15.6. The van der Waals surface area contributed by atoms with Gasteiger partial charge in [0.15, 0.2) is 0 Å². The van der Waals surface area contributed by atoms with Gasteiger partial charge in [0.05, 0.1) is 0 Å². The van der Waals surface area contributed by atoms with E-state index in [-0.39, 0.29) is 28.6 Å². The maximum Gasteiger partial charge on any atom is -1.00 e. The Labute approximate surface area is 158 Å². The van der Waals surface area contributed by atoms with Gasteiger partial charge in [-0.25, -0.2) is 0 Å². The average molecular weight is 388 g/mol. The molecule has 0 fully saturated rings. The summed E-state index contributed by atoms with van der Waals surface area (Å²) in [6.07, 6.45) is 8.06. The molecule has 2 aromatic rings. The van der Waals surface area contributed by atoms with Crippen LogP contribution in [0.25, 0.3) is 5.31 Å². The molecule has 0 aromatic heterocycles. The van der Waals surface area contributed by atoms with Gasteiger partial charge in [-0.2, -0.15) is 0 Å². The van der Waals surface area contributed by atoms with Crippen molar-refractivity contribution in [1.82, 2.24) is 0 Å². The Balaban J connectivity index is 0.00000113. The van der Waals surface area contributed by atoms with Crippen molar-refractivity contribution in [2.45, 2.75) is 17.6 Å². The number of allylic oxidation sites excluding steroid dienone is 5. The van der Waals surface area contributed by atoms with Gasteiger partial charge in [-0.15, -0.1) is 0 Å². The minimum Gasteiger partial charge on any atom is -1.00 e. The molecule has 4 heteroatoms. The summed E-state index contributed by atoms with van der Waals surface area (Å²) >= 11 is -0.124. The number of benzene rings is 2. The minimum absolute atomic E-state index is 0. The molecule has 2 unspecified atom stereocenters. The molecule has 0 saturated heterocycles. The summed E-state index contributed by atoms with van der Waals surface area (Å²) in [5.74, 6) is 0. The van der Waals surface area contributed by atoms with Crippen molar-refractivity contribution in [1.29, 1.82) is 0 Å². The van der Waals surface area contributed by atoms with Gasteiger partial charge in [-0.1, -0.05) is 0 Å². The fourth-order valence-electron chi connectivity index (χ4n) is 3.32. The predicted molar refractivity (Wildman–Crippen MR) is 98.0 cm³/mol. The molecule has 2 aromatic carbocycles. The van der Waals surface area contributed by atoms with E-state index >= 15 is 0 Å². The molecule has 0 spiro atoms. The second-order valence-corrected chi connectivity index (χ2v) is 9.72. The Hall–Kier alpha value is -1.34. The molecule has 0 saturated carbocycles. The van der Waals surface area contributed by atoms with Crippen LogP contribution in [0.1, 0.15) is 28.7 Å². The molecule has 0 radical (unpaired) electrons. The van der Waals surface area contributed by atoms with Gasteiger partial charge in [0.25, 0.3) is 0 Å². The van der Waals surface area contributed by atoms with Crippen LogP contribution >= 0.6 is 8.58 Å². The molecule has 0 aliphatic heterocycles. The monoisotopic (exact) mass is 388 g/mol. The summed E-state index contributed by atoms with van der Waals surface area (Å²) in [7, 11) is 0.769. The smallest absolute Gasteiger partial charge is 1.00 e. The third-order valence-corrected chi connectivity index (χ3v) is 8.82. The van der Waals surface area contributed by atoms with Crippen molar-refractivity contribution < 1.29 is 28.6 Å². The molecular formula is C21H19F2PTi. The van der Waals surface area contributed by atoms with Gasteiger partial charge in [-0.05, 0) is 0 Å². The van der Waals surface area contributed by atoms with E-state index in [1.54, 1.807) is 20.3 Å². The summed E-state index contributed by atoms with van der Waals surface area (Å²) in [5.41, 5.74) is 4.71. The zero-order valence-electron chi connectivity index (χ0n) is 14.0. The molecule has 2 aliphatic carbocycles. The van der Waals surface area contributed by atoms with Gasteiger partial charge < -0.3 is 9.41 Å². The van der Waals surface area contributed by atoms with Crippen LogP contribution in [0.4, 0.5) is 0 Å². The third-order valence-electron chi connectivity index (χ3n) is 4.51. The van der Waals surface area contributed by atoms with E-state index in [4.69, 9.17) is 0 Å². The van der Waals surface area contributed by atoms with Gasteiger partial charge in [0, 0.05) is 0 Å². The maximum atomic E-state index is 2.38. The SMILES string of the molecule is CC1=C(Pc2ccccc2)c2ccccc2[CH]1[Ti+2][C]1=CC=CC1.[F-].[F-]. The quantitative estimate of drug-likeness (QED) is 0.486. The first kappa shape index (κ1) is 20.0. The molecule has 2 aliphatic rings. The fraction of sp³-hybridized carbons (Fsp3) is 0.143. The Kier molecular flexibility index (Phi) is 7.08. The maximum absolute atomic E-state index is 2.38. The van der Waals surface area contributed by atoms with Crippen LogP contribution in [-0.4, -0.2) is 0 Å². The minimum atomic E-state index is -0.124. The number of rotatable bonds is 4. The third kappa shape index (κ3) is 4.09. The molecule has 25 heavy (non-hydrogen) atoms. The molecule has 0 N–H and O–H groups in total. The molecular weight excluding hydrogens is 369 g/mol. The summed E-state index contributed by atoms with van der Waals surface area (Å²) in [5, 5.41) is 3.03. The first-order valence-corrected chi connectivity index (χ1v) is 10.8. The Bertz CT molecular complexity index is 825. The summed E-state index contributed by atoms with van der Waals surface area (Å²) in [6.45, 7) is 2.38. The Morgan fingerprint density at radius 2 is 1.68 bits per heavy atom. The van der Waals surface area contributed by atoms with Crippen LogP contribution in [0.3, 0.4) is 0 Å². The zero-order valence-corrected chi connectivity index (χ0v) is 16.5. The van der Waals surface area contributed by atoms with E-state index in [0.717, 1.165) is 8.58 Å². The predicted octanol–water partition coefficient (Wildman–Crippen LogP) is -0.589. The van der Waals surface area contributed by atoms with Crippen LogP contribution in [0.2, 0.25) is 0 Å². The van der Waals surface area contributed by atoms with E-state index in [1.807, 2.05) is 0 Å². The molecule has 0 nitrogen and oxygen atoms in total. The molecule has 0 heterocycles. The van der Waals surface area contributed by atoms with Crippen molar-refractivity contribution in [2.24, 2.45) is 0 Å². The molecule has 2 atom stereocenters. The van der Waals surface area contributed by atoms with Crippen LogP contribution in [0, 0.1) is 0 Å². The van der Waals surface area contributed by atoms with Crippen molar-refractivity contribution in [3.05, 3.63) is 93.4 Å². The number of halogens is 2. The van der Waals surface area contributed by atoms with Gasteiger partial charge in [-0.3, -0.25) is 0 Å². The van der Waals surface area contributed by atoms with E-state index in [9.17, 15) is 0 Å². The van der Waals surface area contributed by atoms with E-state index < -0.39 is 0 Å². The van der Waals surface area contributed by atoms with Crippen molar-refractivity contribution in [2.75, 3.05) is 0 Å². The van der Waals surface area contributed by atoms with E-state index in [0.29, 0.717) is 4.22 Å². The number of hydrogen-bond donors (Lipinski definition) is 0. The molecule has 4 rings (SSSR count). The molecule has 0 bridgehead atoms. The Morgan fingerprint density at radius 3 is 2.40 bits per heavy atom. The summed E-state index contributed by atoms with van der Waals surface area (Å²) in [4.78, 5) is 0. The second-order valence-electron chi connectivity index (χ2n) is 6.04. The van der Waals surface area contributed by atoms with Gasteiger partial charge >= 0.3 is 149 Å². The normalized spacial score (nSPS) is 17.8. The largest absolute Gasteiger partial charge is 1.00 e. The number of hydrogen-bond acceptors (Lipinski definition) is 0. The first-order valence-electron chi connectivity index (χ1n) is 8.07. The Morgan fingerprint density at radius 1 is 0.960 bits per heavy atom. The van der Waals surface area contributed by atoms with Crippen LogP contribution < -0.4 is 14.7 Å². The van der Waals surface area contributed by atoms with Gasteiger partial charge in [0.1, 0.15) is 0 Å². The van der Waals surface area contributed by atoms with E-state index in [2.05, 4.69) is 79.7 Å². The van der Waals surface area contributed by atoms with E-state index in [1.165, 1.54) is 17.3 Å². The summed E-state index contributed by atoms with van der Waals surface area (Å²) in [6, 6.07) is 20.0. The topological polar surface area (TPSA) is 0 Å². The molecule has 0 amide bonds. The molecule has 126 valence electrons. The second kappa shape index (κ2) is 8.85. The standard InChI is InChI=1S/C16H14P.C5H5.2FH.Ti/c1-12-11-13-7-5-6-10-15(13)16(12)17-14-8-3-2-4-9-14;1-2-4-5-3-1;;;/h2-11,17H,1H3;1-3H,4H2;2*1H;/q;;;;+2/p-2. The van der Waals surface area contributed by atoms with Crippen molar-refractivity contribution in [3.8, 4) is 0 Å². The number of fused-ring (bicyclic) bond motifs is 1. The van der Waals surface area contributed by atoms with Crippen molar-refractivity contribution in [3.63, 3.8) is 0 Å². The van der Waals surface area contributed by atoms with Crippen LogP contribution in [0.15, 0.2) is 82.3 Å². The van der Waals surface area contributed by atoms with Crippen molar-refractivity contribution >= 4 is 19.2 Å². The fourth-order valence-corrected chi connectivity index (χ4v) is 7.35.